The fourth-order valence-electron chi connectivity index (χ4n) is 5.06. The first-order chi connectivity index (χ1) is 16.0. The fourth-order valence-corrected chi connectivity index (χ4v) is 5.06. The second-order valence-electron chi connectivity index (χ2n) is 9.62. The van der Waals surface area contributed by atoms with Gasteiger partial charge in [0.15, 0.2) is 5.65 Å². The number of nitrogens with zero attached hydrogens (tertiary/aromatic N) is 7. The van der Waals surface area contributed by atoms with Crippen LogP contribution in [0.25, 0.3) is 22.4 Å². The van der Waals surface area contributed by atoms with E-state index in [4.69, 9.17) is 15.7 Å². The van der Waals surface area contributed by atoms with Gasteiger partial charge in [-0.25, -0.2) is 19.9 Å². The van der Waals surface area contributed by atoms with Gasteiger partial charge in [-0.1, -0.05) is 12.1 Å². The molecule has 2 N–H and O–H groups in total. The molecule has 5 heterocycles. The summed E-state index contributed by atoms with van der Waals surface area (Å²) in [6, 6.07) is 11.5. The summed E-state index contributed by atoms with van der Waals surface area (Å²) in [5, 5.41) is 0. The van der Waals surface area contributed by atoms with Crippen LogP contribution in [0, 0.1) is 0 Å². The maximum Gasteiger partial charge on any atom is 0.180 e. The van der Waals surface area contributed by atoms with Gasteiger partial charge in [0.1, 0.15) is 17.2 Å². The van der Waals surface area contributed by atoms with E-state index in [1.165, 1.54) is 0 Å². The van der Waals surface area contributed by atoms with E-state index >= 15 is 0 Å². The minimum absolute atomic E-state index is 0.607. The lowest BCUT2D eigenvalue weighted by Crippen LogP contribution is -2.63. The molecule has 0 aliphatic carbocycles. The molecule has 2 saturated heterocycles. The summed E-state index contributed by atoms with van der Waals surface area (Å²) in [5.74, 6) is 1.58. The molecule has 0 unspecified atom stereocenters. The van der Waals surface area contributed by atoms with Gasteiger partial charge in [-0.15, -0.1) is 0 Å². The van der Waals surface area contributed by atoms with Crippen molar-refractivity contribution in [3.8, 4) is 11.3 Å². The Balaban J connectivity index is 1.17. The number of hydrogen-bond donors (Lipinski definition) is 1. The number of anilines is 1. The van der Waals surface area contributed by atoms with Crippen molar-refractivity contribution in [2.24, 2.45) is 10.7 Å². The first-order valence-electron chi connectivity index (χ1n) is 11.9. The third kappa shape index (κ3) is 3.83. The van der Waals surface area contributed by atoms with Crippen LogP contribution in [-0.2, 0) is 6.42 Å². The average Bonchev–Trinajstić information content (AvgIpc) is 3.17. The number of aliphatic imine (C=N–C) groups is 1. The number of piperazine rings is 1. The molecule has 0 radical (unpaired) electrons. The van der Waals surface area contributed by atoms with Gasteiger partial charge in [0.25, 0.3) is 0 Å². The number of hydrogen-bond acceptors (Lipinski definition) is 8. The topological polar surface area (TPSA) is 86.8 Å². The number of nitrogens with two attached hydrogens (primary N) is 1. The highest BCUT2D eigenvalue weighted by atomic mass is 15.4. The van der Waals surface area contributed by atoms with Crippen molar-refractivity contribution in [3.05, 3.63) is 42.1 Å². The molecule has 0 spiro atoms. The van der Waals surface area contributed by atoms with Crippen LogP contribution in [0.2, 0.25) is 0 Å². The van der Waals surface area contributed by atoms with Gasteiger partial charge >= 0.3 is 0 Å². The Labute approximate surface area is 194 Å². The Bertz CT molecular complexity index is 1220. The Morgan fingerprint density at radius 1 is 1.00 bits per heavy atom. The second-order valence-corrected chi connectivity index (χ2v) is 9.62. The van der Waals surface area contributed by atoms with Crippen molar-refractivity contribution in [2.45, 2.75) is 32.4 Å². The van der Waals surface area contributed by atoms with Crippen LogP contribution < -0.4 is 10.6 Å². The fraction of sp³-hybridized carbons (Fsp3) is 0.440. The van der Waals surface area contributed by atoms with E-state index in [9.17, 15) is 0 Å². The van der Waals surface area contributed by atoms with Gasteiger partial charge in [0.2, 0.25) is 0 Å². The minimum atomic E-state index is 0.607. The molecule has 2 fully saturated rings. The molecule has 3 aliphatic heterocycles. The molecule has 0 saturated carbocycles. The van der Waals surface area contributed by atoms with E-state index in [0.29, 0.717) is 23.6 Å². The summed E-state index contributed by atoms with van der Waals surface area (Å²) in [4.78, 5) is 26.3. The predicted octanol–water partition coefficient (Wildman–Crippen LogP) is 2.45. The molecular formula is C25H30N8. The summed E-state index contributed by atoms with van der Waals surface area (Å²) >= 11 is 0. The zero-order valence-electron chi connectivity index (χ0n) is 19.3. The van der Waals surface area contributed by atoms with Gasteiger partial charge in [0, 0.05) is 63.3 Å². The van der Waals surface area contributed by atoms with Crippen molar-refractivity contribution in [2.75, 3.05) is 44.2 Å². The van der Waals surface area contributed by atoms with Gasteiger partial charge < -0.3 is 10.6 Å². The van der Waals surface area contributed by atoms with Crippen molar-refractivity contribution in [3.63, 3.8) is 0 Å². The van der Waals surface area contributed by atoms with Gasteiger partial charge in [0.05, 0.1) is 17.6 Å². The summed E-state index contributed by atoms with van der Waals surface area (Å²) in [7, 11) is 0. The first-order valence-corrected chi connectivity index (χ1v) is 11.9. The van der Waals surface area contributed by atoms with E-state index in [1.807, 2.05) is 18.3 Å². The van der Waals surface area contributed by atoms with Crippen molar-refractivity contribution < 1.29 is 0 Å². The van der Waals surface area contributed by atoms with E-state index in [1.54, 1.807) is 0 Å². The molecule has 8 nitrogen and oxygen atoms in total. The third-order valence-corrected chi connectivity index (χ3v) is 7.19. The van der Waals surface area contributed by atoms with Crippen LogP contribution in [-0.4, -0.2) is 81.9 Å². The highest BCUT2D eigenvalue weighted by molar-refractivity contribution is 5.92. The molecular weight excluding hydrogens is 412 g/mol. The molecule has 2 aromatic heterocycles. The normalized spacial score (nSPS) is 19.7. The summed E-state index contributed by atoms with van der Waals surface area (Å²) in [6.07, 6.45) is 2.60. The van der Waals surface area contributed by atoms with Crippen LogP contribution >= 0.6 is 0 Å². The molecule has 1 aromatic carbocycles. The smallest absolute Gasteiger partial charge is 0.180 e. The molecule has 170 valence electrons. The van der Waals surface area contributed by atoms with E-state index < -0.39 is 0 Å². The van der Waals surface area contributed by atoms with Crippen molar-refractivity contribution in [1.82, 2.24) is 24.8 Å². The van der Waals surface area contributed by atoms with Crippen LogP contribution in [0.1, 0.15) is 19.4 Å². The Kier molecular flexibility index (Phi) is 4.99. The number of aromatic nitrogens is 3. The Morgan fingerprint density at radius 3 is 2.61 bits per heavy atom. The molecule has 33 heavy (non-hydrogen) atoms. The van der Waals surface area contributed by atoms with Gasteiger partial charge in [-0.3, -0.25) is 9.80 Å². The predicted molar refractivity (Wildman–Crippen MR) is 132 cm³/mol. The number of pyridine rings is 1. The molecule has 6 rings (SSSR count). The molecule has 0 amide bonds. The second kappa shape index (κ2) is 8.04. The third-order valence-electron chi connectivity index (χ3n) is 7.19. The zero-order chi connectivity index (χ0) is 22.5. The maximum absolute atomic E-state index is 5.89. The highest BCUT2D eigenvalue weighted by Gasteiger charge is 2.34. The maximum atomic E-state index is 5.89. The number of amidine groups is 1. The highest BCUT2D eigenvalue weighted by Crippen LogP contribution is 2.31. The standard InChI is InChI=1S/C25H30N8/c1-16(2)31-7-9-32(10-8-31)19-14-33(15-19)24-13-27-21-6-5-20(29-25(21)30-24)17-3-4-18-12-23(26)28-22(18)11-17/h3-6,11,13,16,19H,7-10,12,14-15H2,1-2H3,(H2,26,28). The minimum Gasteiger partial charge on any atom is -0.387 e. The van der Waals surface area contributed by atoms with Gasteiger partial charge in [-0.2, -0.15) is 0 Å². The van der Waals surface area contributed by atoms with Crippen LogP contribution in [0.3, 0.4) is 0 Å². The Hall–Kier alpha value is -3.10. The zero-order valence-corrected chi connectivity index (χ0v) is 19.3. The van der Waals surface area contributed by atoms with Crippen LogP contribution in [0.5, 0.6) is 0 Å². The van der Waals surface area contributed by atoms with E-state index in [-0.39, 0.29) is 0 Å². The summed E-state index contributed by atoms with van der Waals surface area (Å²) in [5.41, 5.74) is 11.4. The molecule has 8 heteroatoms. The summed E-state index contributed by atoms with van der Waals surface area (Å²) < 4.78 is 0. The Morgan fingerprint density at radius 2 is 1.82 bits per heavy atom. The number of fused-ring (bicyclic) bond motifs is 2. The van der Waals surface area contributed by atoms with Gasteiger partial charge in [-0.05, 0) is 37.6 Å². The average molecular weight is 443 g/mol. The van der Waals surface area contributed by atoms with Crippen LogP contribution in [0.15, 0.2) is 41.5 Å². The molecule has 3 aromatic rings. The van der Waals surface area contributed by atoms with Crippen molar-refractivity contribution in [1.29, 1.82) is 0 Å². The summed E-state index contributed by atoms with van der Waals surface area (Å²) in [6.45, 7) is 11.2. The molecule has 3 aliphatic rings. The lowest BCUT2D eigenvalue weighted by molar-refractivity contribution is 0.0676. The lowest BCUT2D eigenvalue weighted by atomic mass is 10.1. The number of rotatable bonds is 4. The SMILES string of the molecule is CC(C)N1CCN(C2CN(c3cnc4ccc(-c5ccc6c(c5)N=C(N)C6)nc4n3)C2)CC1. The van der Waals surface area contributed by atoms with E-state index in [2.05, 4.69) is 56.7 Å². The van der Waals surface area contributed by atoms with Crippen LogP contribution in [0.4, 0.5) is 11.5 Å². The molecule has 0 atom stereocenters. The largest absolute Gasteiger partial charge is 0.387 e. The number of benzene rings is 1. The van der Waals surface area contributed by atoms with Crippen molar-refractivity contribution >= 4 is 28.5 Å². The molecule has 0 bridgehead atoms. The lowest BCUT2D eigenvalue weighted by Gasteiger charge is -2.49. The van der Waals surface area contributed by atoms with E-state index in [0.717, 1.165) is 79.5 Å². The quantitative estimate of drug-likeness (QED) is 0.664. The first kappa shape index (κ1) is 20.5. The monoisotopic (exact) mass is 442 g/mol.